The van der Waals surface area contributed by atoms with Gasteiger partial charge < -0.3 is 20.7 Å². The number of rotatable bonds is 5. The molecule has 27 heavy (non-hydrogen) atoms. The van der Waals surface area contributed by atoms with Crippen LogP contribution in [0.5, 0.6) is 0 Å². The molecule has 1 aromatic carbocycles. The Labute approximate surface area is 155 Å². The molecule has 144 valence electrons. The lowest BCUT2D eigenvalue weighted by Gasteiger charge is -2.33. The third-order valence-corrected chi connectivity index (χ3v) is 4.39. The first-order valence-electron chi connectivity index (χ1n) is 8.73. The zero-order valence-corrected chi connectivity index (χ0v) is 14.9. The Hall–Kier alpha value is -2.97. The molecule has 0 radical (unpaired) electrons. The third kappa shape index (κ3) is 4.24. The van der Waals surface area contributed by atoms with Crippen molar-refractivity contribution in [1.29, 1.82) is 0 Å². The average Bonchev–Trinajstić information content (AvgIpc) is 2.67. The standard InChI is InChI=1S/C18H21F2N5O2/c1-2-27-18(26)11-4-3-7-25(9-11)17-15(21)16(22-10-23-17)24-12-5-6-13(19)14(20)8-12/h5-6,8,10-11H,2-4,7,9,21H2,1H3,(H,22,23,24). The summed E-state index contributed by atoms with van der Waals surface area (Å²) in [4.78, 5) is 22.3. The number of hydrogen-bond donors (Lipinski definition) is 2. The highest BCUT2D eigenvalue weighted by Gasteiger charge is 2.29. The molecule has 1 saturated heterocycles. The van der Waals surface area contributed by atoms with E-state index in [-0.39, 0.29) is 23.4 Å². The maximum absolute atomic E-state index is 13.4. The van der Waals surface area contributed by atoms with E-state index in [0.717, 1.165) is 25.0 Å². The van der Waals surface area contributed by atoms with Gasteiger partial charge >= 0.3 is 5.97 Å². The summed E-state index contributed by atoms with van der Waals surface area (Å²) >= 11 is 0. The Balaban J connectivity index is 1.79. The molecule has 1 aliphatic rings. The number of nitrogen functional groups attached to an aromatic ring is 1. The van der Waals surface area contributed by atoms with Crippen molar-refractivity contribution >= 4 is 29.0 Å². The van der Waals surface area contributed by atoms with Crippen molar-refractivity contribution in [2.45, 2.75) is 19.8 Å². The van der Waals surface area contributed by atoms with E-state index >= 15 is 0 Å². The minimum absolute atomic E-state index is 0.227. The molecule has 3 rings (SSSR count). The van der Waals surface area contributed by atoms with Gasteiger partial charge in [-0.2, -0.15) is 0 Å². The van der Waals surface area contributed by atoms with Crippen LogP contribution in [0.4, 0.5) is 31.8 Å². The molecule has 0 bridgehead atoms. The van der Waals surface area contributed by atoms with Gasteiger partial charge in [0.15, 0.2) is 23.3 Å². The van der Waals surface area contributed by atoms with Gasteiger partial charge in [0.25, 0.3) is 0 Å². The average molecular weight is 377 g/mol. The second kappa shape index (κ2) is 8.15. The van der Waals surface area contributed by atoms with Crippen molar-refractivity contribution in [3.63, 3.8) is 0 Å². The van der Waals surface area contributed by atoms with Gasteiger partial charge in [-0.15, -0.1) is 0 Å². The molecular formula is C18H21F2N5O2. The highest BCUT2D eigenvalue weighted by Crippen LogP contribution is 2.31. The molecule has 0 aliphatic carbocycles. The van der Waals surface area contributed by atoms with Crippen LogP contribution < -0.4 is 16.0 Å². The number of aromatic nitrogens is 2. The van der Waals surface area contributed by atoms with Crippen LogP contribution >= 0.6 is 0 Å². The summed E-state index contributed by atoms with van der Waals surface area (Å²) in [5.74, 6) is -1.60. The normalized spacial score (nSPS) is 16.9. The zero-order chi connectivity index (χ0) is 19.4. The van der Waals surface area contributed by atoms with Crippen molar-refractivity contribution in [3.05, 3.63) is 36.2 Å². The number of nitrogens with zero attached hydrogens (tertiary/aromatic N) is 3. The lowest BCUT2D eigenvalue weighted by atomic mass is 9.98. The predicted molar refractivity (Wildman–Crippen MR) is 97.7 cm³/mol. The number of halogens is 2. The first-order valence-corrected chi connectivity index (χ1v) is 8.73. The van der Waals surface area contributed by atoms with E-state index < -0.39 is 11.6 Å². The fraction of sp³-hybridized carbons (Fsp3) is 0.389. The summed E-state index contributed by atoms with van der Waals surface area (Å²) in [7, 11) is 0. The number of hydrogen-bond acceptors (Lipinski definition) is 7. The van der Waals surface area contributed by atoms with Crippen LogP contribution in [0, 0.1) is 17.6 Å². The summed E-state index contributed by atoms with van der Waals surface area (Å²) in [6, 6.07) is 3.43. The fourth-order valence-electron chi connectivity index (χ4n) is 3.07. The highest BCUT2D eigenvalue weighted by atomic mass is 19.2. The molecule has 1 aromatic heterocycles. The maximum atomic E-state index is 13.4. The molecule has 9 heteroatoms. The number of benzene rings is 1. The summed E-state index contributed by atoms with van der Waals surface area (Å²) in [6.45, 7) is 3.26. The molecule has 1 aliphatic heterocycles. The summed E-state index contributed by atoms with van der Waals surface area (Å²) in [5, 5.41) is 2.87. The summed E-state index contributed by atoms with van der Waals surface area (Å²) in [6.07, 6.45) is 2.89. The number of esters is 1. The number of nitrogens with one attached hydrogen (secondary N) is 1. The van der Waals surface area contributed by atoms with Gasteiger partial charge in [0, 0.05) is 24.8 Å². The van der Waals surface area contributed by atoms with E-state index in [1.165, 1.54) is 12.4 Å². The van der Waals surface area contributed by atoms with Crippen LogP contribution in [0.25, 0.3) is 0 Å². The minimum atomic E-state index is -0.971. The second-order valence-electron chi connectivity index (χ2n) is 6.25. The van der Waals surface area contributed by atoms with Gasteiger partial charge in [0.1, 0.15) is 12.0 Å². The molecule has 3 N–H and O–H groups in total. The zero-order valence-electron chi connectivity index (χ0n) is 14.9. The molecule has 1 unspecified atom stereocenters. The van der Waals surface area contributed by atoms with E-state index in [9.17, 15) is 13.6 Å². The van der Waals surface area contributed by atoms with E-state index in [1.54, 1.807) is 6.92 Å². The Morgan fingerprint density at radius 1 is 1.37 bits per heavy atom. The van der Waals surface area contributed by atoms with Gasteiger partial charge in [0.05, 0.1) is 12.5 Å². The fourth-order valence-corrected chi connectivity index (χ4v) is 3.07. The summed E-state index contributed by atoms with van der Waals surface area (Å²) < 4.78 is 31.6. The van der Waals surface area contributed by atoms with Gasteiger partial charge in [0.2, 0.25) is 0 Å². The molecule has 1 atom stereocenters. The Morgan fingerprint density at radius 2 is 2.19 bits per heavy atom. The Morgan fingerprint density at radius 3 is 2.93 bits per heavy atom. The molecule has 2 heterocycles. The molecule has 1 fully saturated rings. The number of nitrogens with two attached hydrogens (primary N) is 1. The SMILES string of the molecule is CCOC(=O)C1CCCN(c2ncnc(Nc3ccc(F)c(F)c3)c2N)C1. The first-order chi connectivity index (χ1) is 13.0. The van der Waals surface area contributed by atoms with Crippen LogP contribution in [0.1, 0.15) is 19.8 Å². The lowest BCUT2D eigenvalue weighted by Crippen LogP contribution is -2.40. The molecule has 0 amide bonds. The number of carbonyl (C=O) groups excluding carboxylic acids is 1. The largest absolute Gasteiger partial charge is 0.466 e. The van der Waals surface area contributed by atoms with Crippen molar-refractivity contribution in [2.75, 3.05) is 35.6 Å². The van der Waals surface area contributed by atoms with Gasteiger partial charge in [-0.1, -0.05) is 0 Å². The molecule has 2 aromatic rings. The van der Waals surface area contributed by atoms with Crippen molar-refractivity contribution in [1.82, 2.24) is 9.97 Å². The van der Waals surface area contributed by atoms with Gasteiger partial charge in [-0.05, 0) is 31.9 Å². The first kappa shape index (κ1) is 18.8. The number of carbonyl (C=O) groups is 1. The lowest BCUT2D eigenvalue weighted by molar-refractivity contribution is -0.148. The van der Waals surface area contributed by atoms with Crippen LogP contribution in [0.15, 0.2) is 24.5 Å². The van der Waals surface area contributed by atoms with Crippen LogP contribution in [-0.4, -0.2) is 35.6 Å². The van der Waals surface area contributed by atoms with E-state index in [1.807, 2.05) is 4.90 Å². The number of anilines is 4. The van der Waals surface area contributed by atoms with Crippen molar-refractivity contribution in [2.24, 2.45) is 5.92 Å². The maximum Gasteiger partial charge on any atom is 0.310 e. The molecule has 0 spiro atoms. The monoisotopic (exact) mass is 377 g/mol. The van der Waals surface area contributed by atoms with Crippen molar-refractivity contribution < 1.29 is 18.3 Å². The van der Waals surface area contributed by atoms with Crippen molar-refractivity contribution in [3.8, 4) is 0 Å². The Bertz CT molecular complexity index is 833. The minimum Gasteiger partial charge on any atom is -0.466 e. The third-order valence-electron chi connectivity index (χ3n) is 4.39. The smallest absolute Gasteiger partial charge is 0.310 e. The molecular weight excluding hydrogens is 356 g/mol. The van der Waals surface area contributed by atoms with Crippen LogP contribution in [0.3, 0.4) is 0 Å². The van der Waals surface area contributed by atoms with Gasteiger partial charge in [-0.3, -0.25) is 4.79 Å². The topological polar surface area (TPSA) is 93.4 Å². The Kier molecular flexibility index (Phi) is 5.68. The number of ether oxygens (including phenoxy) is 1. The molecule has 7 nitrogen and oxygen atoms in total. The number of piperidine rings is 1. The summed E-state index contributed by atoms with van der Waals surface area (Å²) in [5.41, 5.74) is 6.78. The van der Waals surface area contributed by atoms with Crippen LogP contribution in [-0.2, 0) is 9.53 Å². The van der Waals surface area contributed by atoms with E-state index in [2.05, 4.69) is 15.3 Å². The predicted octanol–water partition coefficient (Wildman–Crippen LogP) is 2.86. The van der Waals surface area contributed by atoms with Crippen LogP contribution in [0.2, 0.25) is 0 Å². The highest BCUT2D eigenvalue weighted by molar-refractivity contribution is 5.79. The van der Waals surface area contributed by atoms with E-state index in [0.29, 0.717) is 31.2 Å². The molecule has 0 saturated carbocycles. The van der Waals surface area contributed by atoms with E-state index in [4.69, 9.17) is 10.5 Å². The van der Waals surface area contributed by atoms with Gasteiger partial charge in [-0.25, -0.2) is 18.7 Å². The second-order valence-corrected chi connectivity index (χ2v) is 6.25. The quantitative estimate of drug-likeness (QED) is 0.774.